The van der Waals surface area contributed by atoms with Gasteiger partial charge in [-0.1, -0.05) is 6.92 Å². The lowest BCUT2D eigenvalue weighted by Crippen LogP contribution is -2.36. The van der Waals surface area contributed by atoms with E-state index in [2.05, 4.69) is 17.6 Å². The Labute approximate surface area is 81.2 Å². The maximum atomic E-state index is 5.07. The Balaban J connectivity index is 1.93. The molecule has 0 amide bonds. The van der Waals surface area contributed by atoms with Gasteiger partial charge in [-0.3, -0.25) is 0 Å². The molecular weight excluding hydrogens is 164 g/mol. The minimum absolute atomic E-state index is 0.617. The molecule has 13 heavy (non-hydrogen) atoms. The minimum atomic E-state index is 0.617. The lowest BCUT2D eigenvalue weighted by Gasteiger charge is -2.14. The zero-order valence-corrected chi connectivity index (χ0v) is 8.81. The van der Waals surface area contributed by atoms with Crippen molar-refractivity contribution in [3.63, 3.8) is 0 Å². The number of rotatable bonds is 6. The molecule has 2 unspecified atom stereocenters. The molecule has 1 aliphatic rings. The van der Waals surface area contributed by atoms with Crippen LogP contribution >= 0.6 is 0 Å². The Morgan fingerprint density at radius 1 is 1.62 bits per heavy atom. The van der Waals surface area contributed by atoms with Gasteiger partial charge < -0.3 is 15.4 Å². The molecule has 1 aliphatic heterocycles. The summed E-state index contributed by atoms with van der Waals surface area (Å²) in [4.78, 5) is 0. The molecule has 0 spiro atoms. The van der Waals surface area contributed by atoms with E-state index in [-0.39, 0.29) is 0 Å². The van der Waals surface area contributed by atoms with Gasteiger partial charge in [0.2, 0.25) is 0 Å². The molecule has 2 atom stereocenters. The summed E-state index contributed by atoms with van der Waals surface area (Å²) >= 11 is 0. The quantitative estimate of drug-likeness (QED) is 0.637. The maximum Gasteiger partial charge on any atom is 0.0499 e. The molecule has 0 radical (unpaired) electrons. The third-order valence-electron chi connectivity index (χ3n) is 2.50. The first-order chi connectivity index (χ1) is 6.33. The maximum absolute atomic E-state index is 5.07. The van der Waals surface area contributed by atoms with Crippen LogP contribution in [0.25, 0.3) is 0 Å². The molecule has 0 aromatic rings. The highest BCUT2D eigenvalue weighted by molar-refractivity contribution is 4.76. The van der Waals surface area contributed by atoms with Gasteiger partial charge in [-0.25, -0.2) is 0 Å². The fourth-order valence-electron chi connectivity index (χ4n) is 1.78. The van der Waals surface area contributed by atoms with E-state index in [4.69, 9.17) is 4.74 Å². The highest BCUT2D eigenvalue weighted by Crippen LogP contribution is 2.03. The van der Waals surface area contributed by atoms with Crippen molar-refractivity contribution in [2.75, 3.05) is 33.4 Å². The van der Waals surface area contributed by atoms with Crippen molar-refractivity contribution in [1.82, 2.24) is 10.6 Å². The smallest absolute Gasteiger partial charge is 0.0499 e. The van der Waals surface area contributed by atoms with Gasteiger partial charge in [0.15, 0.2) is 0 Å². The van der Waals surface area contributed by atoms with Crippen molar-refractivity contribution in [2.45, 2.75) is 25.8 Å². The van der Waals surface area contributed by atoms with Gasteiger partial charge >= 0.3 is 0 Å². The Hall–Kier alpha value is -0.120. The lowest BCUT2D eigenvalue weighted by atomic mass is 10.2. The summed E-state index contributed by atoms with van der Waals surface area (Å²) in [6.07, 6.45) is 2.66. The van der Waals surface area contributed by atoms with Gasteiger partial charge in [0.1, 0.15) is 0 Å². The number of methoxy groups -OCH3 is 1. The predicted octanol–water partition coefficient (Wildman–Crippen LogP) is 0.610. The highest BCUT2D eigenvalue weighted by atomic mass is 16.5. The van der Waals surface area contributed by atoms with Crippen LogP contribution in [0.4, 0.5) is 0 Å². The van der Waals surface area contributed by atoms with Crippen molar-refractivity contribution in [1.29, 1.82) is 0 Å². The van der Waals surface area contributed by atoms with Crippen LogP contribution in [-0.4, -0.2) is 39.4 Å². The van der Waals surface area contributed by atoms with Gasteiger partial charge in [-0.05, 0) is 31.8 Å². The topological polar surface area (TPSA) is 33.3 Å². The summed E-state index contributed by atoms with van der Waals surface area (Å²) in [5.74, 6) is 0.617. The standard InChI is InChI=1S/C10H22N2O/c1-9(8-13-2)6-11-7-10-4-3-5-12-10/h9-12H,3-8H2,1-2H3. The SMILES string of the molecule is COCC(C)CNCC1CCCN1. The van der Waals surface area contributed by atoms with E-state index in [1.807, 2.05) is 0 Å². The van der Waals surface area contributed by atoms with Crippen LogP contribution in [0.3, 0.4) is 0 Å². The van der Waals surface area contributed by atoms with Crippen molar-refractivity contribution >= 4 is 0 Å². The summed E-state index contributed by atoms with van der Waals surface area (Å²) in [5, 5.41) is 6.94. The Kier molecular flexibility index (Phi) is 5.35. The molecule has 1 fully saturated rings. The minimum Gasteiger partial charge on any atom is -0.384 e. The molecular formula is C10H22N2O. The first-order valence-corrected chi connectivity index (χ1v) is 5.26. The normalized spacial score (nSPS) is 24.9. The second-order valence-electron chi connectivity index (χ2n) is 4.01. The first-order valence-electron chi connectivity index (χ1n) is 5.26. The Bertz CT molecular complexity index is 124. The Morgan fingerprint density at radius 3 is 3.08 bits per heavy atom. The largest absolute Gasteiger partial charge is 0.384 e. The molecule has 3 heteroatoms. The van der Waals surface area contributed by atoms with Gasteiger partial charge in [-0.15, -0.1) is 0 Å². The van der Waals surface area contributed by atoms with Crippen LogP contribution in [0.15, 0.2) is 0 Å². The molecule has 0 aromatic carbocycles. The average Bonchev–Trinajstić information content (AvgIpc) is 2.57. The zero-order chi connectivity index (χ0) is 9.52. The number of nitrogens with one attached hydrogen (secondary N) is 2. The van der Waals surface area contributed by atoms with E-state index < -0.39 is 0 Å². The zero-order valence-electron chi connectivity index (χ0n) is 8.81. The van der Waals surface area contributed by atoms with E-state index in [0.717, 1.165) is 19.7 Å². The van der Waals surface area contributed by atoms with E-state index in [1.165, 1.54) is 19.4 Å². The van der Waals surface area contributed by atoms with Gasteiger partial charge in [0.05, 0.1) is 0 Å². The molecule has 78 valence electrons. The molecule has 1 rings (SSSR count). The fraction of sp³-hybridized carbons (Fsp3) is 1.00. The van der Waals surface area contributed by atoms with E-state index >= 15 is 0 Å². The second kappa shape index (κ2) is 6.35. The molecule has 1 saturated heterocycles. The van der Waals surface area contributed by atoms with Crippen LogP contribution < -0.4 is 10.6 Å². The molecule has 0 aromatic heterocycles. The molecule has 0 bridgehead atoms. The first kappa shape index (κ1) is 11.0. The summed E-state index contributed by atoms with van der Waals surface area (Å²) in [5.41, 5.74) is 0. The van der Waals surface area contributed by atoms with Crippen molar-refractivity contribution in [3.8, 4) is 0 Å². The summed E-state index contributed by atoms with van der Waals surface area (Å²) in [6, 6.07) is 0.703. The van der Waals surface area contributed by atoms with Crippen LogP contribution in [0.2, 0.25) is 0 Å². The monoisotopic (exact) mass is 186 g/mol. The van der Waals surface area contributed by atoms with Crippen LogP contribution in [0.1, 0.15) is 19.8 Å². The molecule has 1 heterocycles. The number of hydrogen-bond acceptors (Lipinski definition) is 3. The van der Waals surface area contributed by atoms with Gasteiger partial charge in [-0.2, -0.15) is 0 Å². The van der Waals surface area contributed by atoms with Crippen LogP contribution in [-0.2, 0) is 4.74 Å². The Morgan fingerprint density at radius 2 is 2.46 bits per heavy atom. The molecule has 0 saturated carbocycles. The third-order valence-corrected chi connectivity index (χ3v) is 2.50. The summed E-state index contributed by atoms with van der Waals surface area (Å²) in [6.45, 7) is 6.42. The molecule has 3 nitrogen and oxygen atoms in total. The predicted molar refractivity (Wildman–Crippen MR) is 54.9 cm³/mol. The lowest BCUT2D eigenvalue weighted by molar-refractivity contribution is 0.158. The van der Waals surface area contributed by atoms with Crippen molar-refractivity contribution in [3.05, 3.63) is 0 Å². The van der Waals surface area contributed by atoms with E-state index in [9.17, 15) is 0 Å². The van der Waals surface area contributed by atoms with Crippen LogP contribution in [0.5, 0.6) is 0 Å². The summed E-state index contributed by atoms with van der Waals surface area (Å²) in [7, 11) is 1.76. The van der Waals surface area contributed by atoms with Crippen LogP contribution in [0, 0.1) is 5.92 Å². The third kappa shape index (κ3) is 4.60. The molecule has 2 N–H and O–H groups in total. The van der Waals surface area contributed by atoms with E-state index in [0.29, 0.717) is 12.0 Å². The van der Waals surface area contributed by atoms with Crippen molar-refractivity contribution in [2.24, 2.45) is 5.92 Å². The number of hydrogen-bond donors (Lipinski definition) is 2. The summed E-state index contributed by atoms with van der Waals surface area (Å²) < 4.78 is 5.07. The van der Waals surface area contributed by atoms with Crippen molar-refractivity contribution < 1.29 is 4.74 Å². The fourth-order valence-corrected chi connectivity index (χ4v) is 1.78. The van der Waals surface area contributed by atoms with Gasteiger partial charge in [0, 0.05) is 26.3 Å². The highest BCUT2D eigenvalue weighted by Gasteiger charge is 2.13. The van der Waals surface area contributed by atoms with E-state index in [1.54, 1.807) is 7.11 Å². The number of ether oxygens (including phenoxy) is 1. The molecule has 0 aliphatic carbocycles. The average molecular weight is 186 g/mol. The van der Waals surface area contributed by atoms with Gasteiger partial charge in [0.25, 0.3) is 0 Å². The second-order valence-corrected chi connectivity index (χ2v) is 4.01.